The first-order valence-electron chi connectivity index (χ1n) is 15.6. The minimum Gasteiger partial charge on any atom is -0.497 e. The summed E-state index contributed by atoms with van der Waals surface area (Å²) in [5.41, 5.74) is 2.80. The fraction of sp³-hybridized carbons (Fsp3) is 0.606. The monoisotopic (exact) mass is 597 g/mol. The number of rotatable bonds is 10. The van der Waals surface area contributed by atoms with Gasteiger partial charge in [-0.3, -0.25) is 9.69 Å². The first-order valence-corrected chi connectivity index (χ1v) is 17.0. The number of sulfonamides is 1. The highest BCUT2D eigenvalue weighted by Crippen LogP contribution is 2.44. The van der Waals surface area contributed by atoms with Crippen molar-refractivity contribution in [3.63, 3.8) is 0 Å². The number of piperidine rings is 1. The van der Waals surface area contributed by atoms with E-state index in [1.54, 1.807) is 23.5 Å². The molecule has 1 amide bonds. The molecule has 8 nitrogen and oxygen atoms in total. The number of likely N-dealkylation sites (tertiary alicyclic amines) is 1. The summed E-state index contributed by atoms with van der Waals surface area (Å²) < 4.78 is 40.4. The molecule has 230 valence electrons. The van der Waals surface area contributed by atoms with Gasteiger partial charge >= 0.3 is 0 Å². The summed E-state index contributed by atoms with van der Waals surface area (Å²) in [6.07, 6.45) is 8.91. The van der Waals surface area contributed by atoms with Crippen LogP contribution in [0.2, 0.25) is 0 Å². The van der Waals surface area contributed by atoms with E-state index in [1.807, 2.05) is 13.8 Å². The van der Waals surface area contributed by atoms with Crippen LogP contribution in [0.3, 0.4) is 0 Å². The van der Waals surface area contributed by atoms with Gasteiger partial charge in [0, 0.05) is 24.2 Å². The van der Waals surface area contributed by atoms with Crippen LogP contribution in [0.1, 0.15) is 74.5 Å². The zero-order valence-electron chi connectivity index (χ0n) is 25.4. The molecule has 3 fully saturated rings. The van der Waals surface area contributed by atoms with E-state index in [9.17, 15) is 13.2 Å². The number of hydrogen-bond donors (Lipinski definition) is 1. The summed E-state index contributed by atoms with van der Waals surface area (Å²) >= 11 is 0. The predicted octanol–water partition coefficient (Wildman–Crippen LogP) is 4.92. The summed E-state index contributed by atoms with van der Waals surface area (Å²) in [7, 11) is -2.14. The van der Waals surface area contributed by atoms with Gasteiger partial charge in [0.05, 0.1) is 18.6 Å². The molecule has 2 aromatic rings. The lowest BCUT2D eigenvalue weighted by atomic mass is 9.73. The fourth-order valence-corrected chi connectivity index (χ4v) is 9.58. The molecule has 1 saturated carbocycles. The Morgan fingerprint density at radius 2 is 1.60 bits per heavy atom. The second-order valence-electron chi connectivity index (χ2n) is 12.3. The van der Waals surface area contributed by atoms with Gasteiger partial charge in [-0.15, -0.1) is 0 Å². The third kappa shape index (κ3) is 6.54. The van der Waals surface area contributed by atoms with Crippen molar-refractivity contribution >= 4 is 15.9 Å². The first kappa shape index (κ1) is 31.0. The van der Waals surface area contributed by atoms with Gasteiger partial charge in [0.2, 0.25) is 15.9 Å². The Morgan fingerprint density at radius 3 is 2.24 bits per heavy atom. The molecular weight excluding hydrogens is 550 g/mol. The lowest BCUT2D eigenvalue weighted by Crippen LogP contribution is -2.51. The van der Waals surface area contributed by atoms with Crippen LogP contribution in [0.15, 0.2) is 47.4 Å². The van der Waals surface area contributed by atoms with E-state index in [0.29, 0.717) is 28.3 Å². The van der Waals surface area contributed by atoms with Crippen molar-refractivity contribution in [2.75, 3.05) is 40.0 Å². The molecule has 0 spiro atoms. The average Bonchev–Trinajstić information content (AvgIpc) is 3.54. The number of benzene rings is 2. The number of nitrogens with zero attached hydrogens (tertiary/aromatic N) is 2. The van der Waals surface area contributed by atoms with Crippen LogP contribution in [-0.4, -0.2) is 75.6 Å². The topological polar surface area (TPSA) is 88.2 Å². The molecule has 2 aromatic carbocycles. The van der Waals surface area contributed by atoms with Gasteiger partial charge < -0.3 is 14.8 Å². The van der Waals surface area contributed by atoms with E-state index < -0.39 is 10.0 Å². The quantitative estimate of drug-likeness (QED) is 0.418. The minimum absolute atomic E-state index is 0.0581. The van der Waals surface area contributed by atoms with Crippen LogP contribution in [0.5, 0.6) is 5.75 Å². The van der Waals surface area contributed by atoms with Gasteiger partial charge in [-0.1, -0.05) is 36.8 Å². The van der Waals surface area contributed by atoms with Crippen molar-refractivity contribution < 1.29 is 22.7 Å². The van der Waals surface area contributed by atoms with Crippen LogP contribution < -0.4 is 10.1 Å². The summed E-state index contributed by atoms with van der Waals surface area (Å²) in [4.78, 5) is 15.9. The van der Waals surface area contributed by atoms with E-state index in [4.69, 9.17) is 9.47 Å². The number of carbonyl (C=O) groups is 1. The number of ether oxygens (including phenoxy) is 2. The zero-order valence-corrected chi connectivity index (χ0v) is 26.3. The largest absolute Gasteiger partial charge is 0.497 e. The van der Waals surface area contributed by atoms with Gasteiger partial charge in [0.15, 0.2) is 0 Å². The van der Waals surface area contributed by atoms with Crippen LogP contribution in [0, 0.1) is 13.8 Å². The number of nitrogens with one attached hydrogen (secondary N) is 1. The van der Waals surface area contributed by atoms with E-state index in [1.165, 1.54) is 18.4 Å². The highest BCUT2D eigenvalue weighted by molar-refractivity contribution is 7.89. The van der Waals surface area contributed by atoms with Gasteiger partial charge in [0.1, 0.15) is 12.4 Å². The van der Waals surface area contributed by atoms with Crippen molar-refractivity contribution in [3.8, 4) is 5.75 Å². The molecule has 2 aliphatic heterocycles. The number of methoxy groups -OCH3 is 1. The van der Waals surface area contributed by atoms with E-state index in [-0.39, 0.29) is 36.7 Å². The predicted molar refractivity (Wildman–Crippen MR) is 164 cm³/mol. The summed E-state index contributed by atoms with van der Waals surface area (Å²) in [6.45, 7) is 6.51. The smallest absolute Gasteiger partial charge is 0.246 e. The molecule has 9 heteroatoms. The van der Waals surface area contributed by atoms with Crippen LogP contribution in [-0.2, 0) is 25.1 Å². The SMILES string of the molecule is COc1cc(C)c(S(=O)(=O)N2CCCCC2COCC(=O)NC2CCC(c3ccccc3)(N3CCCC3)CC2)c(C)c1. The van der Waals surface area contributed by atoms with Crippen molar-refractivity contribution in [2.24, 2.45) is 0 Å². The highest BCUT2D eigenvalue weighted by atomic mass is 32.2. The molecule has 2 heterocycles. The van der Waals surface area contributed by atoms with Crippen LogP contribution in [0.4, 0.5) is 0 Å². The van der Waals surface area contributed by atoms with Crippen molar-refractivity contribution in [1.82, 2.24) is 14.5 Å². The summed E-state index contributed by atoms with van der Waals surface area (Å²) in [5, 5.41) is 3.20. The minimum atomic E-state index is -3.72. The van der Waals surface area contributed by atoms with E-state index in [0.717, 1.165) is 58.0 Å². The lowest BCUT2D eigenvalue weighted by molar-refractivity contribution is -0.127. The Bertz CT molecular complexity index is 1300. The Morgan fingerprint density at radius 1 is 0.952 bits per heavy atom. The van der Waals surface area contributed by atoms with E-state index in [2.05, 4.69) is 40.5 Å². The lowest BCUT2D eigenvalue weighted by Gasteiger charge is -2.47. The standard InChI is InChI=1S/C33H47N3O5S/c1-25-21-30(40-3)22-26(2)32(25)42(38,39)36-20-8-7-13-29(36)23-41-24-31(37)34-28-14-16-33(17-15-28,35-18-9-10-19-35)27-11-5-4-6-12-27/h4-6,11-12,21-22,28-29H,7-10,13-20,23-24H2,1-3H3,(H,34,37). The van der Waals surface area contributed by atoms with Crippen LogP contribution in [0.25, 0.3) is 0 Å². The van der Waals surface area contributed by atoms with Gasteiger partial charge in [-0.05, 0) is 107 Å². The molecule has 1 unspecified atom stereocenters. The maximum atomic E-state index is 13.8. The maximum Gasteiger partial charge on any atom is 0.246 e. The molecule has 2 saturated heterocycles. The van der Waals surface area contributed by atoms with Crippen molar-refractivity contribution in [3.05, 3.63) is 59.2 Å². The Balaban J connectivity index is 1.15. The molecule has 5 rings (SSSR count). The molecule has 0 bridgehead atoms. The second kappa shape index (κ2) is 13.5. The Labute approximate surface area is 251 Å². The third-order valence-corrected chi connectivity index (χ3v) is 11.8. The highest BCUT2D eigenvalue weighted by Gasteiger charge is 2.43. The summed E-state index contributed by atoms with van der Waals surface area (Å²) in [5.74, 6) is 0.522. The Hall–Kier alpha value is -2.46. The van der Waals surface area contributed by atoms with Gasteiger partial charge in [0.25, 0.3) is 0 Å². The Kier molecular flexibility index (Phi) is 9.92. The second-order valence-corrected chi connectivity index (χ2v) is 14.1. The molecule has 1 atom stereocenters. The third-order valence-electron chi connectivity index (χ3n) is 9.55. The number of carbonyl (C=O) groups excluding carboxylic acids is 1. The molecule has 1 aliphatic carbocycles. The van der Waals surface area contributed by atoms with Crippen molar-refractivity contribution in [2.45, 2.75) is 94.2 Å². The number of aryl methyl sites for hydroxylation is 2. The molecule has 0 radical (unpaired) electrons. The van der Waals surface area contributed by atoms with Crippen molar-refractivity contribution in [1.29, 1.82) is 0 Å². The van der Waals surface area contributed by atoms with E-state index >= 15 is 0 Å². The molecule has 42 heavy (non-hydrogen) atoms. The molecule has 3 aliphatic rings. The maximum absolute atomic E-state index is 13.8. The zero-order chi connectivity index (χ0) is 29.7. The van der Waals surface area contributed by atoms with Gasteiger partial charge in [-0.25, -0.2) is 8.42 Å². The van der Waals surface area contributed by atoms with Gasteiger partial charge in [-0.2, -0.15) is 4.31 Å². The fourth-order valence-electron chi connectivity index (χ4n) is 7.49. The molecular formula is C33H47N3O5S. The summed E-state index contributed by atoms with van der Waals surface area (Å²) in [6, 6.07) is 14.2. The number of hydrogen-bond acceptors (Lipinski definition) is 6. The normalized spacial score (nSPS) is 25.8. The molecule has 0 aromatic heterocycles. The molecule has 1 N–H and O–H groups in total. The first-order chi connectivity index (χ1) is 20.2. The number of amides is 1. The van der Waals surface area contributed by atoms with Crippen LogP contribution >= 0.6 is 0 Å². The average molecular weight is 598 g/mol.